The maximum atomic E-state index is 11.8. The average molecular weight is 233 g/mol. The summed E-state index contributed by atoms with van der Waals surface area (Å²) in [6.07, 6.45) is 7.08. The average Bonchev–Trinajstić information content (AvgIpc) is 2.89. The van der Waals surface area contributed by atoms with Crippen molar-refractivity contribution in [1.82, 2.24) is 5.32 Å². The number of aryl methyl sites for hydroxylation is 1. The highest BCUT2D eigenvalue weighted by Gasteiger charge is 2.17. The Balaban J connectivity index is 1.83. The second-order valence-electron chi connectivity index (χ2n) is 4.71. The zero-order chi connectivity index (χ0) is 12.3. The van der Waals surface area contributed by atoms with E-state index in [2.05, 4.69) is 17.5 Å². The molecule has 1 N–H and O–H groups in total. The van der Waals surface area contributed by atoms with Crippen LogP contribution in [0.3, 0.4) is 0 Å². The zero-order valence-corrected chi connectivity index (χ0v) is 10.4. The van der Waals surface area contributed by atoms with Crippen molar-refractivity contribution in [1.29, 1.82) is 0 Å². The van der Waals surface area contributed by atoms with Gasteiger partial charge in [-0.05, 0) is 44.7 Å². The van der Waals surface area contributed by atoms with Crippen molar-refractivity contribution < 1.29 is 9.21 Å². The minimum atomic E-state index is -0.0541. The van der Waals surface area contributed by atoms with Crippen LogP contribution in [0.5, 0.6) is 0 Å². The number of hydrogen-bond donors (Lipinski definition) is 1. The van der Waals surface area contributed by atoms with E-state index in [9.17, 15) is 4.79 Å². The van der Waals surface area contributed by atoms with Gasteiger partial charge in [0, 0.05) is 6.42 Å². The lowest BCUT2D eigenvalue weighted by Crippen LogP contribution is -2.27. The van der Waals surface area contributed by atoms with Crippen molar-refractivity contribution in [3.05, 3.63) is 35.8 Å². The van der Waals surface area contributed by atoms with Crippen LogP contribution >= 0.6 is 0 Å². The molecule has 2 atom stereocenters. The third-order valence-electron chi connectivity index (χ3n) is 3.13. The van der Waals surface area contributed by atoms with Gasteiger partial charge in [0.05, 0.1) is 6.04 Å². The number of carbonyl (C=O) groups excluding carboxylic acids is 1. The van der Waals surface area contributed by atoms with Crippen LogP contribution in [0.4, 0.5) is 0 Å². The molecule has 1 aliphatic rings. The molecule has 1 heterocycles. The van der Waals surface area contributed by atoms with E-state index in [1.54, 1.807) is 0 Å². The van der Waals surface area contributed by atoms with E-state index < -0.39 is 0 Å². The molecule has 3 heteroatoms. The number of nitrogens with one attached hydrogen (secondary N) is 1. The quantitative estimate of drug-likeness (QED) is 0.812. The summed E-state index contributed by atoms with van der Waals surface area (Å²) < 4.78 is 5.49. The van der Waals surface area contributed by atoms with Crippen LogP contribution in [0, 0.1) is 12.8 Å². The van der Waals surface area contributed by atoms with E-state index in [4.69, 9.17) is 4.42 Å². The molecule has 1 aromatic heterocycles. The van der Waals surface area contributed by atoms with Gasteiger partial charge in [0.15, 0.2) is 0 Å². The minimum absolute atomic E-state index is 0.0541. The van der Waals surface area contributed by atoms with E-state index in [0.717, 1.165) is 24.4 Å². The number of hydrogen-bond acceptors (Lipinski definition) is 2. The lowest BCUT2D eigenvalue weighted by Gasteiger charge is -2.13. The molecule has 1 amide bonds. The maximum absolute atomic E-state index is 11.8. The SMILES string of the molecule is Cc1ccc([C@@H](C)NC(=O)C[C@@H]2C=CCC2)o1. The molecule has 0 radical (unpaired) electrons. The first kappa shape index (κ1) is 12.0. The van der Waals surface area contributed by atoms with Crippen molar-refractivity contribution in [3.63, 3.8) is 0 Å². The molecule has 1 aliphatic carbocycles. The molecule has 0 fully saturated rings. The number of carbonyl (C=O) groups is 1. The molecule has 0 spiro atoms. The molecule has 92 valence electrons. The predicted octanol–water partition coefficient (Wildman–Crippen LogP) is 3.12. The van der Waals surface area contributed by atoms with Crippen LogP contribution in [0.15, 0.2) is 28.7 Å². The molecule has 0 bridgehead atoms. The van der Waals surface area contributed by atoms with Crippen molar-refractivity contribution >= 4 is 5.91 Å². The number of furan rings is 1. The van der Waals surface area contributed by atoms with Crippen LogP contribution < -0.4 is 5.32 Å². The summed E-state index contributed by atoms with van der Waals surface area (Å²) in [4.78, 5) is 11.8. The van der Waals surface area contributed by atoms with Gasteiger partial charge in [-0.2, -0.15) is 0 Å². The van der Waals surface area contributed by atoms with Crippen molar-refractivity contribution in [2.75, 3.05) is 0 Å². The molecular formula is C14H19NO2. The topological polar surface area (TPSA) is 42.2 Å². The molecule has 17 heavy (non-hydrogen) atoms. The number of allylic oxidation sites excluding steroid dienone is 2. The second-order valence-corrected chi connectivity index (χ2v) is 4.71. The van der Waals surface area contributed by atoms with Crippen LogP contribution in [-0.4, -0.2) is 5.91 Å². The summed E-state index contributed by atoms with van der Waals surface area (Å²) in [5.41, 5.74) is 0. The van der Waals surface area contributed by atoms with E-state index in [1.807, 2.05) is 26.0 Å². The summed E-state index contributed by atoms with van der Waals surface area (Å²) in [7, 11) is 0. The van der Waals surface area contributed by atoms with Gasteiger partial charge >= 0.3 is 0 Å². The van der Waals surface area contributed by atoms with E-state index in [0.29, 0.717) is 12.3 Å². The number of rotatable bonds is 4. The van der Waals surface area contributed by atoms with Gasteiger partial charge in [0.1, 0.15) is 11.5 Å². The first-order valence-corrected chi connectivity index (χ1v) is 6.17. The lowest BCUT2D eigenvalue weighted by molar-refractivity contribution is -0.122. The lowest BCUT2D eigenvalue weighted by atomic mass is 10.0. The summed E-state index contributed by atoms with van der Waals surface area (Å²) >= 11 is 0. The van der Waals surface area contributed by atoms with Gasteiger partial charge in [-0.1, -0.05) is 12.2 Å². The number of amides is 1. The Morgan fingerprint density at radius 1 is 1.59 bits per heavy atom. The molecule has 0 aliphatic heterocycles. The highest BCUT2D eigenvalue weighted by atomic mass is 16.3. The fraction of sp³-hybridized carbons (Fsp3) is 0.500. The second kappa shape index (κ2) is 5.21. The Labute approximate surface area is 102 Å². The van der Waals surface area contributed by atoms with Gasteiger partial charge in [-0.25, -0.2) is 0 Å². The fourth-order valence-corrected chi connectivity index (χ4v) is 2.16. The van der Waals surface area contributed by atoms with Gasteiger partial charge in [0.25, 0.3) is 0 Å². The van der Waals surface area contributed by atoms with E-state index in [1.165, 1.54) is 0 Å². The Hall–Kier alpha value is -1.51. The third kappa shape index (κ3) is 3.22. The van der Waals surface area contributed by atoms with Gasteiger partial charge in [0.2, 0.25) is 5.91 Å². The molecule has 0 unspecified atom stereocenters. The largest absolute Gasteiger partial charge is 0.464 e. The van der Waals surface area contributed by atoms with Gasteiger partial charge < -0.3 is 9.73 Å². The van der Waals surface area contributed by atoms with Gasteiger partial charge in [-0.3, -0.25) is 4.79 Å². The summed E-state index contributed by atoms with van der Waals surface area (Å²) in [5.74, 6) is 2.21. The molecule has 3 nitrogen and oxygen atoms in total. The molecule has 0 saturated carbocycles. The van der Waals surface area contributed by atoms with E-state index in [-0.39, 0.29) is 11.9 Å². The zero-order valence-electron chi connectivity index (χ0n) is 10.4. The van der Waals surface area contributed by atoms with Crippen LogP contribution in [0.2, 0.25) is 0 Å². The van der Waals surface area contributed by atoms with Crippen molar-refractivity contribution in [2.24, 2.45) is 5.92 Å². The maximum Gasteiger partial charge on any atom is 0.221 e. The highest BCUT2D eigenvalue weighted by Crippen LogP contribution is 2.21. The first-order valence-electron chi connectivity index (χ1n) is 6.17. The fourth-order valence-electron chi connectivity index (χ4n) is 2.16. The summed E-state index contributed by atoms with van der Waals surface area (Å²) in [6.45, 7) is 3.85. The Morgan fingerprint density at radius 2 is 2.41 bits per heavy atom. The first-order chi connectivity index (χ1) is 8.15. The monoisotopic (exact) mass is 233 g/mol. The van der Waals surface area contributed by atoms with Crippen molar-refractivity contribution in [3.8, 4) is 0 Å². The molecular weight excluding hydrogens is 214 g/mol. The minimum Gasteiger partial charge on any atom is -0.464 e. The Kier molecular flexibility index (Phi) is 3.67. The van der Waals surface area contributed by atoms with Gasteiger partial charge in [-0.15, -0.1) is 0 Å². The standard InChI is InChI=1S/C14H19NO2/c1-10-7-8-13(17-10)11(2)15-14(16)9-12-5-3-4-6-12/h3,5,7-8,11-12H,4,6,9H2,1-2H3,(H,15,16)/t11-,12-/m1/s1. The molecule has 2 rings (SSSR count). The van der Waals surface area contributed by atoms with Crippen LogP contribution in [-0.2, 0) is 4.79 Å². The molecule has 0 saturated heterocycles. The normalized spacial score (nSPS) is 20.5. The Morgan fingerprint density at radius 3 is 3.00 bits per heavy atom. The summed E-state index contributed by atoms with van der Waals surface area (Å²) in [5, 5.41) is 2.97. The van der Waals surface area contributed by atoms with E-state index >= 15 is 0 Å². The van der Waals surface area contributed by atoms with Crippen molar-refractivity contribution in [2.45, 2.75) is 39.2 Å². The van der Waals surface area contributed by atoms with Crippen LogP contribution in [0.25, 0.3) is 0 Å². The summed E-state index contributed by atoms with van der Waals surface area (Å²) in [6, 6.07) is 3.77. The third-order valence-corrected chi connectivity index (χ3v) is 3.13. The smallest absolute Gasteiger partial charge is 0.221 e. The molecule has 1 aromatic rings. The molecule has 0 aromatic carbocycles. The van der Waals surface area contributed by atoms with Crippen LogP contribution in [0.1, 0.15) is 43.7 Å². The Bertz CT molecular complexity index is 420. The highest BCUT2D eigenvalue weighted by molar-refractivity contribution is 5.76. The predicted molar refractivity (Wildman–Crippen MR) is 66.5 cm³/mol.